The highest BCUT2D eigenvalue weighted by atomic mass is 15.3. The molecule has 2 N–H and O–H groups in total. The summed E-state index contributed by atoms with van der Waals surface area (Å²) in [5.74, 6) is 0. The van der Waals surface area contributed by atoms with Gasteiger partial charge in [0.1, 0.15) is 0 Å². The van der Waals surface area contributed by atoms with Crippen LogP contribution in [-0.4, -0.2) is 33.3 Å². The molecule has 0 spiro atoms. The molecule has 15 heavy (non-hydrogen) atoms. The van der Waals surface area contributed by atoms with E-state index < -0.39 is 0 Å². The Morgan fingerprint density at radius 3 is 2.80 bits per heavy atom. The average Bonchev–Trinajstić information content (AvgIpc) is 2.71. The number of nitrogens with two attached hydrogens (primary N) is 1. The summed E-state index contributed by atoms with van der Waals surface area (Å²) in [6.45, 7) is 5.44. The summed E-state index contributed by atoms with van der Waals surface area (Å²) < 4.78 is 1.96. The van der Waals surface area contributed by atoms with Crippen LogP contribution in [0.5, 0.6) is 0 Å². The first-order chi connectivity index (χ1) is 7.09. The summed E-state index contributed by atoms with van der Waals surface area (Å²) in [6, 6.07) is 3.37. The molecular weight excluding hydrogens is 188 g/mol. The molecule has 4 heteroatoms. The molecule has 2 atom stereocenters. The highest BCUT2D eigenvalue weighted by Gasteiger charge is 2.33. The third-order valence-corrected chi connectivity index (χ3v) is 3.24. The number of likely N-dealkylation sites (tertiary alicyclic amines) is 1. The predicted octanol–water partition coefficient (Wildman–Crippen LogP) is 0.903. The third-order valence-electron chi connectivity index (χ3n) is 3.24. The van der Waals surface area contributed by atoms with E-state index in [2.05, 4.69) is 29.9 Å². The standard InChI is InChI=1S/C11H20N4/c1-8(2)15-7-9(12)6-11(15)10-4-5-13-14(10)3/h4-5,8-9,11H,6-7,12H2,1-3H3. The minimum Gasteiger partial charge on any atom is -0.326 e. The van der Waals surface area contributed by atoms with Crippen LogP contribution in [0.15, 0.2) is 12.3 Å². The Hall–Kier alpha value is -0.870. The van der Waals surface area contributed by atoms with Crippen molar-refractivity contribution >= 4 is 0 Å². The van der Waals surface area contributed by atoms with Crippen LogP contribution in [0.1, 0.15) is 32.0 Å². The van der Waals surface area contributed by atoms with E-state index in [1.165, 1.54) is 5.69 Å². The van der Waals surface area contributed by atoms with Crippen LogP contribution in [0.2, 0.25) is 0 Å². The van der Waals surface area contributed by atoms with Crippen molar-refractivity contribution in [3.05, 3.63) is 18.0 Å². The molecule has 2 rings (SSSR count). The lowest BCUT2D eigenvalue weighted by Crippen LogP contribution is -2.33. The third kappa shape index (κ3) is 1.92. The summed E-state index contributed by atoms with van der Waals surface area (Å²) in [7, 11) is 2.00. The Labute approximate surface area is 91.1 Å². The van der Waals surface area contributed by atoms with Crippen molar-refractivity contribution in [1.29, 1.82) is 0 Å². The normalized spacial score (nSPS) is 27.8. The number of hydrogen-bond donors (Lipinski definition) is 1. The average molecular weight is 208 g/mol. The summed E-state index contributed by atoms with van der Waals surface area (Å²) in [5, 5.41) is 4.23. The molecule has 0 aromatic carbocycles. The predicted molar refractivity (Wildman–Crippen MR) is 60.4 cm³/mol. The molecule has 84 valence electrons. The molecule has 0 amide bonds. The maximum absolute atomic E-state index is 6.04. The molecule has 1 fully saturated rings. The van der Waals surface area contributed by atoms with Crippen molar-refractivity contribution in [2.75, 3.05) is 6.54 Å². The number of aryl methyl sites for hydroxylation is 1. The van der Waals surface area contributed by atoms with Crippen LogP contribution in [0, 0.1) is 0 Å². The van der Waals surface area contributed by atoms with Crippen molar-refractivity contribution in [1.82, 2.24) is 14.7 Å². The largest absolute Gasteiger partial charge is 0.326 e. The molecule has 1 aliphatic heterocycles. The molecule has 2 unspecified atom stereocenters. The van der Waals surface area contributed by atoms with E-state index in [0.29, 0.717) is 18.1 Å². The SMILES string of the molecule is CC(C)N1CC(N)CC1c1ccnn1C. The first-order valence-electron chi connectivity index (χ1n) is 5.59. The van der Waals surface area contributed by atoms with Gasteiger partial charge < -0.3 is 5.73 Å². The molecule has 1 aromatic rings. The van der Waals surface area contributed by atoms with Crippen molar-refractivity contribution < 1.29 is 0 Å². The molecule has 2 heterocycles. The van der Waals surface area contributed by atoms with Gasteiger partial charge in [0, 0.05) is 31.9 Å². The first-order valence-corrected chi connectivity index (χ1v) is 5.59. The van der Waals surface area contributed by atoms with E-state index >= 15 is 0 Å². The van der Waals surface area contributed by atoms with Gasteiger partial charge in [-0.05, 0) is 26.3 Å². The van der Waals surface area contributed by atoms with Crippen molar-refractivity contribution in [2.24, 2.45) is 12.8 Å². The second-order valence-corrected chi connectivity index (χ2v) is 4.68. The number of rotatable bonds is 2. The fourth-order valence-corrected chi connectivity index (χ4v) is 2.47. The van der Waals surface area contributed by atoms with Gasteiger partial charge in [0.2, 0.25) is 0 Å². The fraction of sp³-hybridized carbons (Fsp3) is 0.727. The zero-order chi connectivity index (χ0) is 11.0. The minimum absolute atomic E-state index is 0.298. The van der Waals surface area contributed by atoms with E-state index in [1.54, 1.807) is 0 Å². The Morgan fingerprint density at radius 1 is 1.53 bits per heavy atom. The van der Waals surface area contributed by atoms with Crippen LogP contribution in [0.3, 0.4) is 0 Å². The van der Waals surface area contributed by atoms with Gasteiger partial charge in [-0.15, -0.1) is 0 Å². The second kappa shape index (κ2) is 3.94. The lowest BCUT2D eigenvalue weighted by atomic mass is 10.1. The number of hydrogen-bond acceptors (Lipinski definition) is 3. The topological polar surface area (TPSA) is 47.1 Å². The summed E-state index contributed by atoms with van der Waals surface area (Å²) in [5.41, 5.74) is 7.31. The molecule has 0 bridgehead atoms. The highest BCUT2D eigenvalue weighted by Crippen LogP contribution is 2.32. The van der Waals surface area contributed by atoms with Gasteiger partial charge in [0.25, 0.3) is 0 Å². The van der Waals surface area contributed by atoms with Gasteiger partial charge >= 0.3 is 0 Å². The Balaban J connectivity index is 2.24. The maximum Gasteiger partial charge on any atom is 0.0553 e. The lowest BCUT2D eigenvalue weighted by Gasteiger charge is -2.28. The zero-order valence-electron chi connectivity index (χ0n) is 9.72. The fourth-order valence-electron chi connectivity index (χ4n) is 2.47. The molecule has 0 saturated carbocycles. The van der Waals surface area contributed by atoms with Gasteiger partial charge in [-0.1, -0.05) is 0 Å². The molecule has 1 aromatic heterocycles. The molecule has 0 aliphatic carbocycles. The molecule has 1 aliphatic rings. The van der Waals surface area contributed by atoms with Crippen LogP contribution in [0.25, 0.3) is 0 Å². The van der Waals surface area contributed by atoms with Crippen LogP contribution < -0.4 is 5.73 Å². The van der Waals surface area contributed by atoms with Crippen LogP contribution in [0.4, 0.5) is 0 Å². The van der Waals surface area contributed by atoms with Gasteiger partial charge in [-0.2, -0.15) is 5.10 Å². The highest BCUT2D eigenvalue weighted by molar-refractivity contribution is 5.11. The quantitative estimate of drug-likeness (QED) is 0.785. The second-order valence-electron chi connectivity index (χ2n) is 4.68. The maximum atomic E-state index is 6.04. The van der Waals surface area contributed by atoms with Crippen molar-refractivity contribution in [3.8, 4) is 0 Å². The molecular formula is C11H20N4. The van der Waals surface area contributed by atoms with Crippen molar-refractivity contribution in [2.45, 2.75) is 38.4 Å². The van der Waals surface area contributed by atoms with Gasteiger partial charge in [0.15, 0.2) is 0 Å². The molecule has 0 radical (unpaired) electrons. The minimum atomic E-state index is 0.298. The summed E-state index contributed by atoms with van der Waals surface area (Å²) in [6.07, 6.45) is 2.90. The first kappa shape index (κ1) is 10.6. The Kier molecular flexibility index (Phi) is 2.80. The lowest BCUT2D eigenvalue weighted by molar-refractivity contribution is 0.197. The van der Waals surface area contributed by atoms with E-state index in [1.807, 2.05) is 17.9 Å². The number of nitrogens with zero attached hydrogens (tertiary/aromatic N) is 3. The van der Waals surface area contributed by atoms with E-state index in [4.69, 9.17) is 5.73 Å². The van der Waals surface area contributed by atoms with E-state index in [0.717, 1.165) is 13.0 Å². The molecule has 4 nitrogen and oxygen atoms in total. The van der Waals surface area contributed by atoms with Crippen LogP contribution >= 0.6 is 0 Å². The summed E-state index contributed by atoms with van der Waals surface area (Å²) >= 11 is 0. The van der Waals surface area contributed by atoms with Crippen LogP contribution in [-0.2, 0) is 7.05 Å². The monoisotopic (exact) mass is 208 g/mol. The zero-order valence-corrected chi connectivity index (χ0v) is 9.72. The van der Waals surface area contributed by atoms with E-state index in [9.17, 15) is 0 Å². The Bertz CT molecular complexity index is 331. The van der Waals surface area contributed by atoms with Gasteiger partial charge in [-0.25, -0.2) is 0 Å². The van der Waals surface area contributed by atoms with E-state index in [-0.39, 0.29) is 0 Å². The van der Waals surface area contributed by atoms with Gasteiger partial charge in [-0.3, -0.25) is 9.58 Å². The van der Waals surface area contributed by atoms with Crippen molar-refractivity contribution in [3.63, 3.8) is 0 Å². The summed E-state index contributed by atoms with van der Waals surface area (Å²) in [4.78, 5) is 2.46. The number of aromatic nitrogens is 2. The molecule has 1 saturated heterocycles. The smallest absolute Gasteiger partial charge is 0.0553 e. The Morgan fingerprint density at radius 2 is 2.27 bits per heavy atom. The van der Waals surface area contributed by atoms with Gasteiger partial charge in [0.05, 0.1) is 11.7 Å².